The van der Waals surface area contributed by atoms with Crippen molar-refractivity contribution in [2.24, 2.45) is 4.99 Å². The molecule has 1 aromatic heterocycles. The number of carbonyl (C=O) groups is 1. The van der Waals surface area contributed by atoms with E-state index in [1.807, 2.05) is 48.5 Å². The van der Waals surface area contributed by atoms with Crippen molar-refractivity contribution in [1.82, 2.24) is 5.32 Å². The third kappa shape index (κ3) is 2.93. The van der Waals surface area contributed by atoms with Crippen LogP contribution in [0.25, 0.3) is 16.2 Å². The van der Waals surface area contributed by atoms with Gasteiger partial charge in [0.25, 0.3) is 5.91 Å². The minimum absolute atomic E-state index is 0.0973. The molecule has 2 heterocycles. The van der Waals surface area contributed by atoms with E-state index in [-0.39, 0.29) is 5.91 Å². The molecule has 23 heavy (non-hydrogen) atoms. The number of para-hydroxylation sites is 1. The fourth-order valence-corrected chi connectivity index (χ4v) is 4.10. The van der Waals surface area contributed by atoms with Gasteiger partial charge in [0.05, 0.1) is 10.6 Å². The molecule has 0 spiro atoms. The van der Waals surface area contributed by atoms with E-state index in [1.54, 1.807) is 11.3 Å². The Morgan fingerprint density at radius 3 is 2.65 bits per heavy atom. The summed E-state index contributed by atoms with van der Waals surface area (Å²) < 4.78 is 1.22. The fourth-order valence-electron chi connectivity index (χ4n) is 2.35. The Morgan fingerprint density at radius 2 is 1.78 bits per heavy atom. The van der Waals surface area contributed by atoms with Gasteiger partial charge >= 0.3 is 0 Å². The molecule has 2 aromatic carbocycles. The summed E-state index contributed by atoms with van der Waals surface area (Å²) in [4.78, 5) is 17.3. The number of amides is 1. The normalized spacial score (nSPS) is 18.0. The average molecular weight is 336 g/mol. The van der Waals surface area contributed by atoms with Crippen molar-refractivity contribution in [3.8, 4) is 0 Å². The Labute approximate surface area is 141 Å². The number of thiophene rings is 1. The molecule has 0 atom stereocenters. The van der Waals surface area contributed by atoms with Gasteiger partial charge < -0.3 is 5.32 Å². The summed E-state index contributed by atoms with van der Waals surface area (Å²) in [5.74, 6) is -0.0973. The molecule has 112 valence electrons. The van der Waals surface area contributed by atoms with E-state index < -0.39 is 0 Å². The van der Waals surface area contributed by atoms with Crippen LogP contribution in [-0.4, -0.2) is 11.1 Å². The molecule has 0 aliphatic carbocycles. The summed E-state index contributed by atoms with van der Waals surface area (Å²) in [5, 5.41) is 6.69. The number of benzene rings is 2. The molecule has 0 radical (unpaired) electrons. The molecule has 5 heteroatoms. The summed E-state index contributed by atoms with van der Waals surface area (Å²) in [6, 6.07) is 17.8. The second-order valence-corrected chi connectivity index (χ2v) is 6.95. The van der Waals surface area contributed by atoms with Crippen molar-refractivity contribution in [2.45, 2.75) is 0 Å². The lowest BCUT2D eigenvalue weighted by molar-refractivity contribution is -0.115. The summed E-state index contributed by atoms with van der Waals surface area (Å²) in [6.45, 7) is 0. The fraction of sp³-hybridized carbons (Fsp3) is 0. The molecular weight excluding hydrogens is 324 g/mol. The third-order valence-corrected chi connectivity index (χ3v) is 5.33. The highest BCUT2D eigenvalue weighted by Crippen LogP contribution is 2.32. The topological polar surface area (TPSA) is 41.5 Å². The van der Waals surface area contributed by atoms with Crippen LogP contribution in [0.4, 0.5) is 5.69 Å². The van der Waals surface area contributed by atoms with Crippen molar-refractivity contribution in [3.05, 3.63) is 70.4 Å². The Balaban J connectivity index is 1.65. The lowest BCUT2D eigenvalue weighted by Gasteiger charge is -1.95. The van der Waals surface area contributed by atoms with Gasteiger partial charge in [-0.25, -0.2) is 4.99 Å². The molecule has 3 aromatic rings. The SMILES string of the molecule is O=C1NC(=Nc2ccccc2)S/C1=C/c1csc2ccccc12. The molecule has 0 bridgehead atoms. The predicted molar refractivity (Wildman–Crippen MR) is 99.1 cm³/mol. The van der Waals surface area contributed by atoms with Crippen LogP contribution in [0.2, 0.25) is 0 Å². The van der Waals surface area contributed by atoms with Gasteiger partial charge in [0, 0.05) is 4.70 Å². The molecule has 3 nitrogen and oxygen atoms in total. The Hall–Kier alpha value is -2.37. The van der Waals surface area contributed by atoms with Crippen LogP contribution in [0.15, 0.2) is 69.9 Å². The summed E-state index contributed by atoms with van der Waals surface area (Å²) >= 11 is 3.06. The molecule has 4 rings (SSSR count). The maximum Gasteiger partial charge on any atom is 0.264 e. The van der Waals surface area contributed by atoms with E-state index in [0.29, 0.717) is 10.1 Å². The highest BCUT2D eigenvalue weighted by Gasteiger charge is 2.24. The second-order valence-electron chi connectivity index (χ2n) is 5.00. The smallest absolute Gasteiger partial charge is 0.264 e. The first-order valence-corrected chi connectivity index (χ1v) is 8.80. The van der Waals surface area contributed by atoms with Crippen LogP contribution in [-0.2, 0) is 4.79 Å². The molecule has 1 aliphatic rings. The maximum absolute atomic E-state index is 12.2. The Bertz CT molecular complexity index is 942. The van der Waals surface area contributed by atoms with Gasteiger partial charge in [0.15, 0.2) is 5.17 Å². The third-order valence-electron chi connectivity index (χ3n) is 3.44. The Morgan fingerprint density at radius 1 is 1.00 bits per heavy atom. The molecule has 1 saturated heterocycles. The number of hydrogen-bond donors (Lipinski definition) is 1. The quantitative estimate of drug-likeness (QED) is 0.683. The predicted octanol–water partition coefficient (Wildman–Crippen LogP) is 4.79. The minimum Gasteiger partial charge on any atom is -0.300 e. The maximum atomic E-state index is 12.2. The Kier molecular flexibility index (Phi) is 3.73. The van der Waals surface area contributed by atoms with Gasteiger partial charge in [-0.15, -0.1) is 11.3 Å². The van der Waals surface area contributed by atoms with E-state index in [0.717, 1.165) is 11.3 Å². The van der Waals surface area contributed by atoms with Gasteiger partial charge in [-0.1, -0.05) is 36.4 Å². The molecule has 0 saturated carbocycles. The van der Waals surface area contributed by atoms with Crippen LogP contribution in [0, 0.1) is 0 Å². The number of aliphatic imine (C=N–C) groups is 1. The monoisotopic (exact) mass is 336 g/mol. The number of fused-ring (bicyclic) bond motifs is 1. The van der Waals surface area contributed by atoms with Crippen molar-refractivity contribution in [2.75, 3.05) is 0 Å². The molecule has 1 amide bonds. The minimum atomic E-state index is -0.0973. The zero-order chi connectivity index (χ0) is 15.6. The number of thioether (sulfide) groups is 1. The zero-order valence-electron chi connectivity index (χ0n) is 12.0. The number of hydrogen-bond acceptors (Lipinski definition) is 4. The number of carbonyl (C=O) groups excluding carboxylic acids is 1. The first kappa shape index (κ1) is 14.2. The van der Waals surface area contributed by atoms with Crippen molar-refractivity contribution >= 4 is 56.0 Å². The highest BCUT2D eigenvalue weighted by molar-refractivity contribution is 8.18. The van der Waals surface area contributed by atoms with Gasteiger partial charge in [-0.2, -0.15) is 0 Å². The van der Waals surface area contributed by atoms with E-state index in [4.69, 9.17) is 0 Å². The summed E-state index contributed by atoms with van der Waals surface area (Å²) in [7, 11) is 0. The number of rotatable bonds is 2. The van der Waals surface area contributed by atoms with E-state index in [1.165, 1.54) is 21.8 Å². The molecule has 0 unspecified atom stereocenters. The standard InChI is InChI=1S/C18H12N2OS2/c21-17-16(10-12-11-22-15-9-5-4-8-14(12)15)23-18(20-17)19-13-6-2-1-3-7-13/h1-11H,(H,19,20,21)/b16-10+. The lowest BCUT2D eigenvalue weighted by Crippen LogP contribution is -2.19. The van der Waals surface area contributed by atoms with E-state index >= 15 is 0 Å². The zero-order valence-corrected chi connectivity index (χ0v) is 13.7. The van der Waals surface area contributed by atoms with Gasteiger partial charge in [0.2, 0.25) is 0 Å². The van der Waals surface area contributed by atoms with Crippen LogP contribution >= 0.6 is 23.1 Å². The largest absolute Gasteiger partial charge is 0.300 e. The lowest BCUT2D eigenvalue weighted by atomic mass is 10.1. The summed E-state index contributed by atoms with van der Waals surface area (Å²) in [6.07, 6.45) is 1.94. The summed E-state index contributed by atoms with van der Waals surface area (Å²) in [5.41, 5.74) is 1.90. The second kappa shape index (κ2) is 6.02. The van der Waals surface area contributed by atoms with E-state index in [2.05, 4.69) is 27.8 Å². The van der Waals surface area contributed by atoms with Crippen molar-refractivity contribution < 1.29 is 4.79 Å². The van der Waals surface area contributed by atoms with Gasteiger partial charge in [-0.05, 0) is 52.4 Å². The molecule has 1 fully saturated rings. The van der Waals surface area contributed by atoms with Crippen LogP contribution in [0.5, 0.6) is 0 Å². The number of nitrogens with one attached hydrogen (secondary N) is 1. The van der Waals surface area contributed by atoms with Crippen molar-refractivity contribution in [3.63, 3.8) is 0 Å². The first-order valence-electron chi connectivity index (χ1n) is 7.10. The van der Waals surface area contributed by atoms with E-state index in [9.17, 15) is 4.79 Å². The highest BCUT2D eigenvalue weighted by atomic mass is 32.2. The average Bonchev–Trinajstić information content (AvgIpc) is 3.13. The van der Waals surface area contributed by atoms with Crippen molar-refractivity contribution in [1.29, 1.82) is 0 Å². The first-order chi connectivity index (χ1) is 11.3. The number of nitrogens with zero attached hydrogens (tertiary/aromatic N) is 1. The molecule has 1 aliphatic heterocycles. The van der Waals surface area contributed by atoms with Crippen LogP contribution < -0.4 is 5.32 Å². The van der Waals surface area contributed by atoms with Crippen LogP contribution in [0.3, 0.4) is 0 Å². The van der Waals surface area contributed by atoms with Crippen LogP contribution in [0.1, 0.15) is 5.56 Å². The number of amidine groups is 1. The molecule has 1 N–H and O–H groups in total. The van der Waals surface area contributed by atoms with Gasteiger partial charge in [-0.3, -0.25) is 4.79 Å². The van der Waals surface area contributed by atoms with Gasteiger partial charge in [0.1, 0.15) is 0 Å². The molecular formula is C18H12N2OS2.